The summed E-state index contributed by atoms with van der Waals surface area (Å²) in [4.78, 5) is 17.5. The smallest absolute Gasteiger partial charge is 0.280 e. The van der Waals surface area contributed by atoms with Gasteiger partial charge in [0, 0.05) is 5.56 Å². The van der Waals surface area contributed by atoms with Gasteiger partial charge in [-0.3, -0.25) is 4.79 Å². The van der Waals surface area contributed by atoms with Crippen molar-refractivity contribution in [2.75, 3.05) is 6.61 Å². The zero-order valence-electron chi connectivity index (χ0n) is 11.9. The zero-order valence-corrected chi connectivity index (χ0v) is 12.7. The summed E-state index contributed by atoms with van der Waals surface area (Å²) in [5.74, 6) is -0.345. The number of amides is 1. The molecule has 1 aromatic heterocycles. The predicted octanol–water partition coefficient (Wildman–Crippen LogP) is 2.34. The van der Waals surface area contributed by atoms with Crippen molar-refractivity contribution in [1.29, 1.82) is 0 Å². The molecule has 0 fully saturated rings. The Morgan fingerprint density at radius 2 is 2.18 bits per heavy atom. The van der Waals surface area contributed by atoms with Crippen LogP contribution >= 0.6 is 11.3 Å². The van der Waals surface area contributed by atoms with Crippen molar-refractivity contribution in [3.05, 3.63) is 52.2 Å². The number of nitrogens with zero attached hydrogens (tertiary/aromatic N) is 2. The Labute approximate surface area is 131 Å². The van der Waals surface area contributed by atoms with Crippen LogP contribution in [0.3, 0.4) is 0 Å². The Morgan fingerprint density at radius 1 is 1.36 bits per heavy atom. The lowest BCUT2D eigenvalue weighted by atomic mass is 10.2. The molecule has 1 amide bonds. The number of hydrogen-bond donors (Lipinski definition) is 2. The summed E-state index contributed by atoms with van der Waals surface area (Å²) in [7, 11) is 0. The van der Waals surface area contributed by atoms with Crippen LogP contribution in [-0.2, 0) is 9.63 Å². The summed E-state index contributed by atoms with van der Waals surface area (Å²) in [6.45, 7) is 1.57. The SMILES string of the molecule is C/C(=N/OCC(=O)N/N=C\c1ccccc1O)c1cccs1. The number of nitrogens with one attached hydrogen (secondary N) is 1. The van der Waals surface area contributed by atoms with Gasteiger partial charge in [0.05, 0.1) is 16.8 Å². The Balaban J connectivity index is 1.77. The number of benzene rings is 1. The minimum atomic E-state index is -0.436. The summed E-state index contributed by atoms with van der Waals surface area (Å²) >= 11 is 1.54. The molecule has 7 heteroatoms. The minimum absolute atomic E-state index is 0.0907. The van der Waals surface area contributed by atoms with Crippen LogP contribution in [0.15, 0.2) is 52.0 Å². The number of hydrazone groups is 1. The topological polar surface area (TPSA) is 83.3 Å². The van der Waals surface area contributed by atoms with E-state index < -0.39 is 5.91 Å². The van der Waals surface area contributed by atoms with E-state index in [1.165, 1.54) is 12.3 Å². The molecule has 1 heterocycles. The lowest BCUT2D eigenvalue weighted by Gasteiger charge is -2.00. The predicted molar refractivity (Wildman–Crippen MR) is 86.3 cm³/mol. The van der Waals surface area contributed by atoms with Gasteiger partial charge in [-0.2, -0.15) is 5.10 Å². The lowest BCUT2D eigenvalue weighted by Crippen LogP contribution is -2.22. The first-order chi connectivity index (χ1) is 10.7. The van der Waals surface area contributed by atoms with Gasteiger partial charge in [0.1, 0.15) is 5.75 Å². The molecular formula is C15H15N3O3S. The number of phenolic OH excluding ortho intramolecular Hbond substituents is 1. The standard InChI is InChI=1S/C15H15N3O3S/c1-11(14-7-4-8-22-14)18-21-10-15(20)17-16-9-12-5-2-3-6-13(12)19/h2-9,19H,10H2,1H3,(H,17,20)/b16-9-,18-11-. The van der Waals surface area contributed by atoms with E-state index in [1.807, 2.05) is 17.5 Å². The zero-order chi connectivity index (χ0) is 15.8. The van der Waals surface area contributed by atoms with Crippen LogP contribution in [0.25, 0.3) is 0 Å². The maximum Gasteiger partial charge on any atom is 0.280 e. The van der Waals surface area contributed by atoms with Crippen LogP contribution in [0.1, 0.15) is 17.4 Å². The molecule has 6 nitrogen and oxygen atoms in total. The lowest BCUT2D eigenvalue weighted by molar-refractivity contribution is -0.125. The van der Waals surface area contributed by atoms with E-state index in [9.17, 15) is 9.90 Å². The third kappa shape index (κ3) is 4.71. The maximum atomic E-state index is 11.5. The number of carbonyl (C=O) groups is 1. The number of thiophene rings is 1. The number of hydrogen-bond acceptors (Lipinski definition) is 6. The van der Waals surface area contributed by atoms with Crippen molar-refractivity contribution in [2.24, 2.45) is 10.3 Å². The first-order valence-corrected chi connectivity index (χ1v) is 7.35. The molecule has 0 bridgehead atoms. The molecule has 0 spiro atoms. The molecule has 2 rings (SSSR count). The third-order valence-corrected chi connectivity index (χ3v) is 3.58. The summed E-state index contributed by atoms with van der Waals surface area (Å²) in [6, 6.07) is 10.5. The van der Waals surface area contributed by atoms with Crippen molar-refractivity contribution >= 4 is 29.2 Å². The van der Waals surface area contributed by atoms with Gasteiger partial charge in [0.2, 0.25) is 0 Å². The van der Waals surface area contributed by atoms with Gasteiger partial charge in [-0.15, -0.1) is 11.3 Å². The average Bonchev–Trinajstić information content (AvgIpc) is 3.03. The van der Waals surface area contributed by atoms with Gasteiger partial charge in [0.15, 0.2) is 6.61 Å². The van der Waals surface area contributed by atoms with Crippen LogP contribution < -0.4 is 5.43 Å². The van der Waals surface area contributed by atoms with E-state index in [2.05, 4.69) is 15.7 Å². The highest BCUT2D eigenvalue weighted by Crippen LogP contribution is 2.12. The molecule has 0 atom stereocenters. The Morgan fingerprint density at radius 3 is 2.91 bits per heavy atom. The number of para-hydroxylation sites is 1. The molecule has 0 radical (unpaired) electrons. The highest BCUT2D eigenvalue weighted by atomic mass is 32.1. The van der Waals surface area contributed by atoms with E-state index in [-0.39, 0.29) is 12.4 Å². The van der Waals surface area contributed by atoms with Crippen LogP contribution in [0.5, 0.6) is 5.75 Å². The molecule has 1 aromatic carbocycles. The van der Waals surface area contributed by atoms with Crippen molar-refractivity contribution in [3.8, 4) is 5.75 Å². The quantitative estimate of drug-likeness (QED) is 0.633. The van der Waals surface area contributed by atoms with Crippen LogP contribution in [0, 0.1) is 0 Å². The van der Waals surface area contributed by atoms with E-state index in [4.69, 9.17) is 4.84 Å². The number of oxime groups is 1. The van der Waals surface area contributed by atoms with Gasteiger partial charge < -0.3 is 9.94 Å². The molecule has 0 unspecified atom stereocenters. The van der Waals surface area contributed by atoms with Crippen molar-refractivity contribution in [1.82, 2.24) is 5.43 Å². The Hall–Kier alpha value is -2.67. The number of carbonyl (C=O) groups excluding carboxylic acids is 1. The maximum absolute atomic E-state index is 11.5. The summed E-state index contributed by atoms with van der Waals surface area (Å²) < 4.78 is 0. The first-order valence-electron chi connectivity index (χ1n) is 6.47. The summed E-state index contributed by atoms with van der Waals surface area (Å²) in [5, 5.41) is 19.1. The van der Waals surface area contributed by atoms with Crippen molar-refractivity contribution in [3.63, 3.8) is 0 Å². The second-order valence-electron chi connectivity index (χ2n) is 4.28. The minimum Gasteiger partial charge on any atom is -0.507 e. The average molecular weight is 317 g/mol. The van der Waals surface area contributed by atoms with Gasteiger partial charge in [-0.05, 0) is 30.5 Å². The molecule has 22 heavy (non-hydrogen) atoms. The summed E-state index contributed by atoms with van der Waals surface area (Å²) in [6.07, 6.45) is 1.35. The summed E-state index contributed by atoms with van der Waals surface area (Å²) in [5.41, 5.74) is 3.51. The Kier molecular flexibility index (Phi) is 5.67. The normalized spacial score (nSPS) is 11.6. The van der Waals surface area contributed by atoms with E-state index in [1.54, 1.807) is 36.5 Å². The Bertz CT molecular complexity index is 681. The fraction of sp³-hybridized carbons (Fsp3) is 0.133. The second kappa shape index (κ2) is 7.94. The van der Waals surface area contributed by atoms with Crippen LogP contribution in [0.4, 0.5) is 0 Å². The monoisotopic (exact) mass is 317 g/mol. The van der Waals surface area contributed by atoms with Crippen LogP contribution in [0.2, 0.25) is 0 Å². The molecule has 2 N–H and O–H groups in total. The first kappa shape index (κ1) is 15.7. The number of rotatable bonds is 6. The molecule has 0 aliphatic heterocycles. The second-order valence-corrected chi connectivity index (χ2v) is 5.23. The van der Waals surface area contributed by atoms with E-state index in [0.717, 1.165) is 4.88 Å². The fourth-order valence-corrected chi connectivity index (χ4v) is 2.19. The molecule has 0 aliphatic carbocycles. The van der Waals surface area contributed by atoms with Gasteiger partial charge in [0.25, 0.3) is 5.91 Å². The van der Waals surface area contributed by atoms with Gasteiger partial charge in [-0.1, -0.05) is 23.4 Å². The largest absolute Gasteiger partial charge is 0.507 e. The van der Waals surface area contributed by atoms with Gasteiger partial charge >= 0.3 is 0 Å². The number of phenols is 1. The number of aromatic hydroxyl groups is 1. The van der Waals surface area contributed by atoms with Gasteiger partial charge in [-0.25, -0.2) is 5.43 Å². The highest BCUT2D eigenvalue weighted by molar-refractivity contribution is 7.12. The van der Waals surface area contributed by atoms with Crippen molar-refractivity contribution in [2.45, 2.75) is 6.92 Å². The molecular weight excluding hydrogens is 302 g/mol. The molecule has 2 aromatic rings. The van der Waals surface area contributed by atoms with Crippen LogP contribution in [-0.4, -0.2) is 29.5 Å². The molecule has 0 saturated heterocycles. The molecule has 114 valence electrons. The molecule has 0 aliphatic rings. The highest BCUT2D eigenvalue weighted by Gasteiger charge is 2.02. The van der Waals surface area contributed by atoms with E-state index >= 15 is 0 Å². The fourth-order valence-electron chi connectivity index (χ4n) is 1.52. The molecule has 0 saturated carbocycles. The van der Waals surface area contributed by atoms with E-state index in [0.29, 0.717) is 11.3 Å². The van der Waals surface area contributed by atoms with Crippen molar-refractivity contribution < 1.29 is 14.7 Å². The third-order valence-electron chi connectivity index (χ3n) is 2.60.